The Hall–Kier alpha value is -1.02. The van der Waals surface area contributed by atoms with E-state index in [0.29, 0.717) is 6.04 Å². The van der Waals surface area contributed by atoms with Crippen LogP contribution in [0, 0.1) is 0 Å². The Bertz CT molecular complexity index is 358. The normalized spacial score (nSPS) is 17.0. The second-order valence-electron chi connectivity index (χ2n) is 4.60. The van der Waals surface area contributed by atoms with Gasteiger partial charge in [-0.3, -0.25) is 0 Å². The van der Waals surface area contributed by atoms with Crippen LogP contribution in [0.1, 0.15) is 38.0 Å². The van der Waals surface area contributed by atoms with E-state index in [1.165, 1.54) is 11.3 Å². The van der Waals surface area contributed by atoms with Crippen LogP contribution in [0.25, 0.3) is 0 Å². The molecule has 2 rings (SSSR count). The Balaban J connectivity index is 2.38. The predicted octanol–water partition coefficient (Wildman–Crippen LogP) is 2.51. The Morgan fingerprint density at radius 1 is 1.27 bits per heavy atom. The molecule has 0 amide bonds. The van der Waals surface area contributed by atoms with Crippen LogP contribution in [0.3, 0.4) is 0 Å². The molecule has 0 radical (unpaired) electrons. The fourth-order valence-corrected chi connectivity index (χ4v) is 2.22. The van der Waals surface area contributed by atoms with Crippen LogP contribution in [0.4, 0.5) is 5.69 Å². The summed E-state index contributed by atoms with van der Waals surface area (Å²) in [5, 5.41) is 9.56. The van der Waals surface area contributed by atoms with Crippen LogP contribution in [0.15, 0.2) is 18.2 Å². The monoisotopic (exact) mass is 205 g/mol. The molecule has 1 aromatic rings. The van der Waals surface area contributed by atoms with Crippen molar-refractivity contribution in [1.29, 1.82) is 0 Å². The zero-order valence-corrected chi connectivity index (χ0v) is 9.70. The number of anilines is 1. The summed E-state index contributed by atoms with van der Waals surface area (Å²) in [5.74, 6) is 0. The lowest BCUT2D eigenvalue weighted by atomic mass is 10.1. The highest BCUT2D eigenvalue weighted by molar-refractivity contribution is 5.60. The molecule has 15 heavy (non-hydrogen) atoms. The third-order valence-electron chi connectivity index (χ3n) is 3.15. The minimum atomic E-state index is -0.370. The number of fused-ring (bicyclic) bond motifs is 1. The number of aliphatic hydroxyl groups excluding tert-OH is 1. The first-order valence-electron chi connectivity index (χ1n) is 5.67. The molecule has 0 aromatic heterocycles. The SMILES string of the molecule is CC(O)c1ccc2c(c1)N(C(C)C)CC2. The van der Waals surface area contributed by atoms with E-state index < -0.39 is 0 Å². The van der Waals surface area contributed by atoms with Gasteiger partial charge in [-0.05, 0) is 44.4 Å². The average Bonchev–Trinajstić information content (AvgIpc) is 2.59. The lowest BCUT2D eigenvalue weighted by Crippen LogP contribution is -2.28. The highest BCUT2D eigenvalue weighted by Crippen LogP contribution is 2.32. The summed E-state index contributed by atoms with van der Waals surface area (Å²) >= 11 is 0. The zero-order valence-electron chi connectivity index (χ0n) is 9.70. The fraction of sp³-hybridized carbons (Fsp3) is 0.538. The van der Waals surface area contributed by atoms with Gasteiger partial charge in [-0.2, -0.15) is 0 Å². The number of rotatable bonds is 2. The number of hydrogen-bond acceptors (Lipinski definition) is 2. The van der Waals surface area contributed by atoms with Crippen molar-refractivity contribution < 1.29 is 5.11 Å². The van der Waals surface area contributed by atoms with Crippen molar-refractivity contribution in [2.24, 2.45) is 0 Å². The van der Waals surface area contributed by atoms with E-state index in [4.69, 9.17) is 0 Å². The summed E-state index contributed by atoms with van der Waals surface area (Å²) in [4.78, 5) is 2.40. The third kappa shape index (κ3) is 1.86. The van der Waals surface area contributed by atoms with E-state index in [9.17, 15) is 5.11 Å². The van der Waals surface area contributed by atoms with E-state index in [1.807, 2.05) is 13.0 Å². The van der Waals surface area contributed by atoms with Crippen LogP contribution in [0.2, 0.25) is 0 Å². The molecule has 1 unspecified atom stereocenters. The molecule has 2 nitrogen and oxygen atoms in total. The maximum atomic E-state index is 9.56. The largest absolute Gasteiger partial charge is 0.389 e. The number of nitrogens with zero attached hydrogens (tertiary/aromatic N) is 1. The first kappa shape index (κ1) is 10.5. The van der Waals surface area contributed by atoms with E-state index in [-0.39, 0.29) is 6.10 Å². The van der Waals surface area contributed by atoms with E-state index in [2.05, 4.69) is 30.9 Å². The minimum Gasteiger partial charge on any atom is -0.389 e. The molecule has 1 aromatic carbocycles. The molecule has 1 atom stereocenters. The van der Waals surface area contributed by atoms with Crippen molar-refractivity contribution in [2.45, 2.75) is 39.3 Å². The maximum Gasteiger partial charge on any atom is 0.0762 e. The topological polar surface area (TPSA) is 23.5 Å². The molecular weight excluding hydrogens is 186 g/mol. The van der Waals surface area contributed by atoms with E-state index >= 15 is 0 Å². The lowest BCUT2D eigenvalue weighted by Gasteiger charge is -2.24. The van der Waals surface area contributed by atoms with Gasteiger partial charge in [-0.15, -0.1) is 0 Å². The van der Waals surface area contributed by atoms with Crippen LogP contribution in [-0.2, 0) is 6.42 Å². The molecule has 0 spiro atoms. The van der Waals surface area contributed by atoms with E-state index in [1.54, 1.807) is 0 Å². The van der Waals surface area contributed by atoms with Crippen LogP contribution < -0.4 is 4.90 Å². The van der Waals surface area contributed by atoms with Crippen LogP contribution in [0.5, 0.6) is 0 Å². The molecule has 0 saturated heterocycles. The van der Waals surface area contributed by atoms with Gasteiger partial charge in [0.25, 0.3) is 0 Å². The highest BCUT2D eigenvalue weighted by atomic mass is 16.3. The summed E-state index contributed by atoms with van der Waals surface area (Å²) < 4.78 is 0. The minimum absolute atomic E-state index is 0.370. The maximum absolute atomic E-state index is 9.56. The molecule has 0 bridgehead atoms. The van der Waals surface area contributed by atoms with Gasteiger partial charge in [0.05, 0.1) is 6.10 Å². The second kappa shape index (κ2) is 3.86. The van der Waals surface area contributed by atoms with Crippen molar-refractivity contribution in [1.82, 2.24) is 0 Å². The lowest BCUT2D eigenvalue weighted by molar-refractivity contribution is 0.199. The summed E-state index contributed by atoms with van der Waals surface area (Å²) in [5.41, 5.74) is 3.73. The Morgan fingerprint density at radius 3 is 2.60 bits per heavy atom. The first-order valence-corrected chi connectivity index (χ1v) is 5.67. The third-order valence-corrected chi connectivity index (χ3v) is 3.15. The van der Waals surface area contributed by atoms with Gasteiger partial charge in [0.2, 0.25) is 0 Å². The first-order chi connectivity index (χ1) is 7.09. The molecule has 1 N–H and O–H groups in total. The van der Waals surface area contributed by atoms with Gasteiger partial charge in [0, 0.05) is 18.3 Å². The molecule has 1 aliphatic heterocycles. The molecule has 1 aliphatic rings. The number of aliphatic hydroxyl groups is 1. The molecule has 2 heteroatoms. The van der Waals surface area contributed by atoms with Gasteiger partial charge < -0.3 is 10.0 Å². The molecule has 1 heterocycles. The van der Waals surface area contributed by atoms with Gasteiger partial charge >= 0.3 is 0 Å². The quantitative estimate of drug-likeness (QED) is 0.802. The van der Waals surface area contributed by atoms with Gasteiger partial charge in [0.15, 0.2) is 0 Å². The Kier molecular flexibility index (Phi) is 2.70. The Labute approximate surface area is 91.5 Å². The van der Waals surface area contributed by atoms with Gasteiger partial charge in [-0.1, -0.05) is 12.1 Å². The summed E-state index contributed by atoms with van der Waals surface area (Å²) in [6.45, 7) is 7.35. The predicted molar refractivity (Wildman–Crippen MR) is 63.3 cm³/mol. The van der Waals surface area contributed by atoms with Crippen molar-refractivity contribution in [3.05, 3.63) is 29.3 Å². The second-order valence-corrected chi connectivity index (χ2v) is 4.60. The highest BCUT2D eigenvalue weighted by Gasteiger charge is 2.21. The molecule has 82 valence electrons. The van der Waals surface area contributed by atoms with Crippen molar-refractivity contribution >= 4 is 5.69 Å². The smallest absolute Gasteiger partial charge is 0.0762 e. The van der Waals surface area contributed by atoms with E-state index in [0.717, 1.165) is 18.5 Å². The molecule has 0 aliphatic carbocycles. The zero-order chi connectivity index (χ0) is 11.0. The summed E-state index contributed by atoms with van der Waals surface area (Å²) in [7, 11) is 0. The van der Waals surface area contributed by atoms with Crippen LogP contribution in [-0.4, -0.2) is 17.7 Å². The van der Waals surface area contributed by atoms with Crippen molar-refractivity contribution in [2.75, 3.05) is 11.4 Å². The van der Waals surface area contributed by atoms with Crippen LogP contribution >= 0.6 is 0 Å². The van der Waals surface area contributed by atoms with Crippen molar-refractivity contribution in [3.63, 3.8) is 0 Å². The average molecular weight is 205 g/mol. The standard InChI is InChI=1S/C13H19NO/c1-9(2)14-7-6-11-4-5-12(10(3)15)8-13(11)14/h4-5,8-10,15H,6-7H2,1-3H3. The molecule has 0 fully saturated rings. The number of hydrogen-bond donors (Lipinski definition) is 1. The number of benzene rings is 1. The summed E-state index contributed by atoms with van der Waals surface area (Å²) in [6, 6.07) is 6.86. The van der Waals surface area contributed by atoms with Gasteiger partial charge in [0.1, 0.15) is 0 Å². The van der Waals surface area contributed by atoms with Gasteiger partial charge in [-0.25, -0.2) is 0 Å². The summed E-state index contributed by atoms with van der Waals surface area (Å²) in [6.07, 6.45) is 0.762. The molecular formula is C13H19NO. The fourth-order valence-electron chi connectivity index (χ4n) is 2.22. The Morgan fingerprint density at radius 2 is 2.00 bits per heavy atom. The molecule has 0 saturated carbocycles. The van der Waals surface area contributed by atoms with Crippen molar-refractivity contribution in [3.8, 4) is 0 Å².